The molecule has 0 radical (unpaired) electrons. The van der Waals surface area contributed by atoms with E-state index in [4.69, 9.17) is 9.47 Å². The molecular weight excluding hydrogens is 264 g/mol. The Labute approximate surface area is 123 Å². The minimum absolute atomic E-state index is 0.000833. The quantitative estimate of drug-likeness (QED) is 0.793. The summed E-state index contributed by atoms with van der Waals surface area (Å²) in [7, 11) is 0. The highest BCUT2D eigenvalue weighted by atomic mass is 16.5. The summed E-state index contributed by atoms with van der Waals surface area (Å²) < 4.78 is 11.4. The Bertz CT molecular complexity index is 705. The van der Waals surface area contributed by atoms with Gasteiger partial charge in [0.25, 0.3) is 0 Å². The lowest BCUT2D eigenvalue weighted by atomic mass is 9.91. The van der Waals surface area contributed by atoms with E-state index in [9.17, 15) is 4.79 Å². The Kier molecular flexibility index (Phi) is 3.00. The molecule has 2 aliphatic heterocycles. The smallest absolute Gasteiger partial charge is 0.199 e. The van der Waals surface area contributed by atoms with Crippen molar-refractivity contribution in [2.24, 2.45) is 0 Å². The van der Waals surface area contributed by atoms with Crippen LogP contribution in [0.2, 0.25) is 0 Å². The van der Waals surface area contributed by atoms with Crippen LogP contribution in [0.5, 0.6) is 5.75 Å². The molecule has 4 rings (SSSR count). The molecule has 0 N–H and O–H groups in total. The maximum absolute atomic E-state index is 12.9. The topological polar surface area (TPSA) is 35.5 Å². The average Bonchev–Trinajstić information content (AvgIpc) is 3.02. The highest BCUT2D eigenvalue weighted by molar-refractivity contribution is 6.03. The number of carbonyl (C=O) groups excluding carboxylic acids is 1. The zero-order valence-corrected chi connectivity index (χ0v) is 11.7. The molecule has 0 spiro atoms. The number of rotatable bonds is 2. The fraction of sp³-hybridized carbons (Fsp3) is 0.278. The Hall–Kier alpha value is -2.13. The number of hydrogen-bond acceptors (Lipinski definition) is 3. The van der Waals surface area contributed by atoms with Crippen molar-refractivity contribution in [2.75, 3.05) is 13.2 Å². The van der Waals surface area contributed by atoms with E-state index in [-0.39, 0.29) is 5.78 Å². The molecule has 0 amide bonds. The number of fused-ring (bicyclic) bond motifs is 2. The lowest BCUT2D eigenvalue weighted by Gasteiger charge is -2.25. The Morgan fingerprint density at radius 2 is 1.76 bits per heavy atom. The molecule has 2 heterocycles. The minimum Gasteiger partial charge on any atom is -0.492 e. The summed E-state index contributed by atoms with van der Waals surface area (Å²) in [4.78, 5) is 12.9. The minimum atomic E-state index is -0.509. The highest BCUT2D eigenvalue weighted by Gasteiger charge is 2.31. The third kappa shape index (κ3) is 2.05. The van der Waals surface area contributed by atoms with Crippen LogP contribution in [0.4, 0.5) is 0 Å². The van der Waals surface area contributed by atoms with Crippen LogP contribution in [0.3, 0.4) is 0 Å². The number of Topliss-reactive ketones (excluding diaryl/α,β-unsaturated/α-hetero) is 1. The van der Waals surface area contributed by atoms with Crippen molar-refractivity contribution in [2.45, 2.75) is 18.9 Å². The van der Waals surface area contributed by atoms with E-state index >= 15 is 0 Å². The van der Waals surface area contributed by atoms with Gasteiger partial charge < -0.3 is 9.47 Å². The fourth-order valence-corrected chi connectivity index (χ4v) is 3.16. The van der Waals surface area contributed by atoms with Crippen LogP contribution in [-0.4, -0.2) is 19.0 Å². The molecular formula is C18H16O3. The van der Waals surface area contributed by atoms with E-state index in [1.54, 1.807) is 0 Å². The van der Waals surface area contributed by atoms with Crippen molar-refractivity contribution in [3.63, 3.8) is 0 Å². The molecule has 0 aliphatic carbocycles. The summed E-state index contributed by atoms with van der Waals surface area (Å²) in [6.45, 7) is 1.24. The van der Waals surface area contributed by atoms with Gasteiger partial charge in [-0.25, -0.2) is 0 Å². The largest absolute Gasteiger partial charge is 0.492 e. The van der Waals surface area contributed by atoms with Gasteiger partial charge in [0.2, 0.25) is 0 Å². The lowest BCUT2D eigenvalue weighted by molar-refractivity contribution is 0.0346. The van der Waals surface area contributed by atoms with Gasteiger partial charge in [-0.1, -0.05) is 36.4 Å². The summed E-state index contributed by atoms with van der Waals surface area (Å²) in [6.07, 6.45) is 1.23. The van der Waals surface area contributed by atoms with Crippen LogP contribution in [0.1, 0.15) is 33.2 Å². The van der Waals surface area contributed by atoms with E-state index in [2.05, 4.69) is 6.07 Å². The average molecular weight is 280 g/mol. The van der Waals surface area contributed by atoms with Crippen LogP contribution >= 0.6 is 0 Å². The van der Waals surface area contributed by atoms with Crippen molar-refractivity contribution in [1.29, 1.82) is 0 Å². The molecule has 1 atom stereocenters. The normalized spacial score (nSPS) is 19.5. The molecule has 2 aliphatic rings. The van der Waals surface area contributed by atoms with Gasteiger partial charge in [-0.05, 0) is 29.2 Å². The van der Waals surface area contributed by atoms with Gasteiger partial charge in [0.1, 0.15) is 11.9 Å². The lowest BCUT2D eigenvalue weighted by Crippen LogP contribution is -2.23. The van der Waals surface area contributed by atoms with Crippen molar-refractivity contribution >= 4 is 5.78 Å². The zero-order valence-electron chi connectivity index (χ0n) is 11.7. The molecule has 0 saturated heterocycles. The van der Waals surface area contributed by atoms with Gasteiger partial charge in [0.05, 0.1) is 18.8 Å². The molecule has 0 saturated carbocycles. The second kappa shape index (κ2) is 5.01. The van der Waals surface area contributed by atoms with Crippen molar-refractivity contribution < 1.29 is 14.3 Å². The van der Waals surface area contributed by atoms with Gasteiger partial charge in [-0.15, -0.1) is 0 Å². The summed E-state index contributed by atoms with van der Waals surface area (Å²) in [5.41, 5.74) is 3.96. The number of hydrogen-bond donors (Lipinski definition) is 0. The molecule has 106 valence electrons. The first-order valence-electron chi connectivity index (χ1n) is 7.33. The predicted octanol–water partition coefficient (Wildman–Crippen LogP) is 3.12. The van der Waals surface area contributed by atoms with Crippen LogP contribution in [0.15, 0.2) is 42.5 Å². The summed E-state index contributed by atoms with van der Waals surface area (Å²) >= 11 is 0. The fourth-order valence-electron chi connectivity index (χ4n) is 3.16. The van der Waals surface area contributed by atoms with Gasteiger partial charge in [-0.2, -0.15) is 0 Å². The molecule has 3 nitrogen and oxygen atoms in total. The standard InChI is InChI=1S/C18H16O3/c19-16(15-7-3-5-13-9-11-20-17(13)15)18-14-6-2-1-4-12(14)8-10-21-18/h1-7,18H,8-11H2. The van der Waals surface area contributed by atoms with Crippen LogP contribution < -0.4 is 4.74 Å². The van der Waals surface area contributed by atoms with Gasteiger partial charge in [0.15, 0.2) is 5.78 Å². The second-order valence-corrected chi connectivity index (χ2v) is 5.46. The number of ketones is 1. The third-order valence-electron chi connectivity index (χ3n) is 4.21. The van der Waals surface area contributed by atoms with Crippen LogP contribution in [0, 0.1) is 0 Å². The second-order valence-electron chi connectivity index (χ2n) is 5.46. The first kappa shape index (κ1) is 12.6. The zero-order chi connectivity index (χ0) is 14.2. The summed E-state index contributed by atoms with van der Waals surface area (Å²) in [5, 5.41) is 0. The molecule has 0 aromatic heterocycles. The van der Waals surface area contributed by atoms with E-state index in [1.807, 2.05) is 36.4 Å². The predicted molar refractivity (Wildman–Crippen MR) is 78.8 cm³/mol. The van der Waals surface area contributed by atoms with Gasteiger partial charge >= 0.3 is 0 Å². The van der Waals surface area contributed by atoms with Crippen LogP contribution in [0.25, 0.3) is 0 Å². The van der Waals surface area contributed by atoms with E-state index < -0.39 is 6.10 Å². The third-order valence-corrected chi connectivity index (χ3v) is 4.21. The maximum Gasteiger partial charge on any atom is 0.199 e. The van der Waals surface area contributed by atoms with Crippen molar-refractivity contribution in [1.82, 2.24) is 0 Å². The summed E-state index contributed by atoms with van der Waals surface area (Å²) in [5.74, 6) is 0.745. The Morgan fingerprint density at radius 3 is 2.71 bits per heavy atom. The van der Waals surface area contributed by atoms with Gasteiger partial charge in [-0.3, -0.25) is 4.79 Å². The first-order chi connectivity index (χ1) is 10.3. The Balaban J connectivity index is 1.75. The number of carbonyl (C=O) groups is 1. The van der Waals surface area contributed by atoms with E-state index in [0.29, 0.717) is 18.8 Å². The molecule has 21 heavy (non-hydrogen) atoms. The van der Waals surface area contributed by atoms with E-state index in [0.717, 1.165) is 29.7 Å². The van der Waals surface area contributed by atoms with Gasteiger partial charge in [0, 0.05) is 6.42 Å². The summed E-state index contributed by atoms with van der Waals surface area (Å²) in [6, 6.07) is 13.8. The van der Waals surface area contributed by atoms with Crippen LogP contribution in [-0.2, 0) is 17.6 Å². The molecule has 1 unspecified atom stereocenters. The highest BCUT2D eigenvalue weighted by Crippen LogP contribution is 2.35. The maximum atomic E-state index is 12.9. The molecule has 2 aromatic carbocycles. The number of benzene rings is 2. The monoisotopic (exact) mass is 280 g/mol. The SMILES string of the molecule is O=C(c1cccc2c1OCC2)C1OCCc2ccccc21. The molecule has 0 bridgehead atoms. The Morgan fingerprint density at radius 1 is 0.952 bits per heavy atom. The van der Waals surface area contributed by atoms with Crippen molar-refractivity contribution in [3.8, 4) is 5.75 Å². The number of para-hydroxylation sites is 1. The van der Waals surface area contributed by atoms with E-state index in [1.165, 1.54) is 5.56 Å². The number of ether oxygens (including phenoxy) is 2. The molecule has 2 aromatic rings. The molecule has 0 fully saturated rings. The van der Waals surface area contributed by atoms with Crippen molar-refractivity contribution in [3.05, 3.63) is 64.7 Å². The first-order valence-corrected chi connectivity index (χ1v) is 7.33. The molecule has 3 heteroatoms.